The van der Waals surface area contributed by atoms with E-state index in [1.165, 1.54) is 0 Å². The predicted molar refractivity (Wildman–Crippen MR) is 73.6 cm³/mol. The number of halogens is 7. The number of alkyl halides is 7. The molecule has 0 aromatic heterocycles. The number of ketones is 1. The van der Waals surface area contributed by atoms with Crippen molar-refractivity contribution in [2.75, 3.05) is 0 Å². The van der Waals surface area contributed by atoms with Gasteiger partial charge in [-0.2, -0.15) is 0 Å². The first-order chi connectivity index (χ1) is 8.11. The van der Waals surface area contributed by atoms with E-state index in [1.807, 2.05) is 0 Å². The van der Waals surface area contributed by atoms with E-state index in [0.29, 0.717) is 0 Å². The Labute approximate surface area is 138 Å². The Balaban J connectivity index is 2.27. The Morgan fingerprint density at radius 2 is 1.44 bits per heavy atom. The minimum Gasteiger partial charge on any atom is -0.343 e. The van der Waals surface area contributed by atoms with Crippen LogP contribution in [0.15, 0.2) is 0 Å². The summed E-state index contributed by atoms with van der Waals surface area (Å²) in [5, 5.41) is -1.14. The lowest BCUT2D eigenvalue weighted by Crippen LogP contribution is -2.51. The van der Waals surface area contributed by atoms with Gasteiger partial charge in [0.05, 0.1) is 0 Å². The minimum absolute atomic E-state index is 0.535. The standard InChI is InChI=1S/C9H5Cl7O2/c10-3-4(17)8(14)2-1(5(11)18-6(2)12)7(3,13)9(8,15)16/h1-3,5-6H/t1-,2+,3+,5?,6?,7+,8-/m0/s1. The van der Waals surface area contributed by atoms with Crippen LogP contribution in [0.25, 0.3) is 0 Å². The van der Waals surface area contributed by atoms with Crippen molar-refractivity contribution < 1.29 is 9.53 Å². The van der Waals surface area contributed by atoms with Crippen molar-refractivity contribution in [2.45, 2.75) is 30.6 Å². The highest BCUT2D eigenvalue weighted by Crippen LogP contribution is 2.76. The molecule has 0 spiro atoms. The second-order valence-corrected chi connectivity index (χ2v) is 8.52. The third kappa shape index (κ3) is 1.21. The van der Waals surface area contributed by atoms with Crippen LogP contribution in [0.3, 0.4) is 0 Å². The molecule has 1 saturated heterocycles. The predicted octanol–water partition coefficient (Wildman–Crippen LogP) is 3.71. The molecule has 18 heavy (non-hydrogen) atoms. The first-order valence-corrected chi connectivity index (χ1v) is 7.81. The van der Waals surface area contributed by atoms with Gasteiger partial charge in [0, 0.05) is 11.8 Å². The Bertz CT molecular complexity index is 443. The lowest BCUT2D eigenvalue weighted by molar-refractivity contribution is -0.122. The molecule has 1 heterocycles. The maximum atomic E-state index is 12.2. The monoisotopic (exact) mass is 390 g/mol. The van der Waals surface area contributed by atoms with E-state index in [0.717, 1.165) is 0 Å². The SMILES string of the molecule is O=C1[C@@H](Cl)[C@]2(Cl)[C@@H]3C(Cl)OC(Cl)[C@@H]3[C@@]1(Cl)C2(Cl)Cl. The largest absolute Gasteiger partial charge is 0.343 e. The minimum atomic E-state index is -1.76. The highest BCUT2D eigenvalue weighted by atomic mass is 35.5. The highest BCUT2D eigenvalue weighted by Gasteiger charge is 2.89. The molecule has 2 aliphatic carbocycles. The molecule has 0 aromatic rings. The maximum absolute atomic E-state index is 12.2. The molecule has 3 aliphatic rings. The summed E-state index contributed by atoms with van der Waals surface area (Å²) in [6, 6.07) is 0. The van der Waals surface area contributed by atoms with E-state index in [-0.39, 0.29) is 0 Å². The number of carbonyl (C=O) groups is 1. The maximum Gasteiger partial charge on any atom is 0.177 e. The van der Waals surface area contributed by atoms with Gasteiger partial charge in [-0.1, -0.05) is 46.4 Å². The first-order valence-electron chi connectivity index (χ1n) is 4.99. The van der Waals surface area contributed by atoms with Gasteiger partial charge in [-0.15, -0.1) is 34.8 Å². The summed E-state index contributed by atoms with van der Waals surface area (Å²) in [4.78, 5) is 9.04. The Morgan fingerprint density at radius 3 is 2.00 bits per heavy atom. The molecule has 2 unspecified atom stereocenters. The fourth-order valence-electron chi connectivity index (χ4n) is 3.22. The molecular formula is C9H5Cl7O2. The van der Waals surface area contributed by atoms with Crippen LogP contribution in [0.2, 0.25) is 0 Å². The normalized spacial score (nSPS) is 61.3. The van der Waals surface area contributed by atoms with Gasteiger partial charge in [-0.05, 0) is 0 Å². The van der Waals surface area contributed by atoms with Crippen LogP contribution in [0.5, 0.6) is 0 Å². The number of hydrogen-bond donors (Lipinski definition) is 0. The van der Waals surface area contributed by atoms with Crippen LogP contribution < -0.4 is 0 Å². The van der Waals surface area contributed by atoms with Crippen LogP contribution in [-0.2, 0) is 9.53 Å². The second-order valence-electron chi connectivity index (χ2n) is 4.67. The summed E-state index contributed by atoms with van der Waals surface area (Å²) in [6.07, 6.45) is 0. The fourth-order valence-corrected chi connectivity index (χ4v) is 6.94. The summed E-state index contributed by atoms with van der Waals surface area (Å²) in [6.45, 7) is 0. The van der Waals surface area contributed by atoms with Crippen LogP contribution in [0.1, 0.15) is 0 Å². The first kappa shape index (κ1) is 14.6. The summed E-state index contributed by atoms with van der Waals surface area (Å²) in [5.41, 5.74) is -1.73. The van der Waals surface area contributed by atoms with Crippen LogP contribution in [0, 0.1) is 11.8 Å². The molecule has 0 aromatic carbocycles. The van der Waals surface area contributed by atoms with E-state index in [1.54, 1.807) is 0 Å². The van der Waals surface area contributed by atoms with E-state index in [4.69, 9.17) is 85.9 Å². The Hall–Kier alpha value is 1.66. The van der Waals surface area contributed by atoms with Crippen molar-refractivity contribution in [3.05, 3.63) is 0 Å². The van der Waals surface area contributed by atoms with Crippen molar-refractivity contribution in [3.8, 4) is 0 Å². The summed E-state index contributed by atoms with van der Waals surface area (Å²) in [7, 11) is 0. The highest BCUT2D eigenvalue weighted by molar-refractivity contribution is 6.67. The van der Waals surface area contributed by atoms with Gasteiger partial charge in [0.25, 0.3) is 0 Å². The number of Topliss-reactive ketones (excluding diaryl/α,β-unsaturated/α-hetero) is 1. The lowest BCUT2D eigenvalue weighted by Gasteiger charge is -2.35. The average molecular weight is 393 g/mol. The van der Waals surface area contributed by atoms with Gasteiger partial charge in [0.1, 0.15) is 26.3 Å². The van der Waals surface area contributed by atoms with Gasteiger partial charge in [-0.25, -0.2) is 0 Å². The molecule has 0 amide bonds. The Morgan fingerprint density at radius 1 is 0.944 bits per heavy atom. The van der Waals surface area contributed by atoms with Gasteiger partial charge < -0.3 is 4.74 Å². The molecule has 2 saturated carbocycles. The smallest absolute Gasteiger partial charge is 0.177 e. The zero-order valence-corrected chi connectivity index (χ0v) is 13.6. The second kappa shape index (κ2) is 3.89. The summed E-state index contributed by atoms with van der Waals surface area (Å²) in [5.74, 6) is -1.82. The third-order valence-corrected chi connectivity index (χ3v) is 8.54. The topological polar surface area (TPSA) is 26.3 Å². The molecular weight excluding hydrogens is 388 g/mol. The molecule has 0 radical (unpaired) electrons. The molecule has 9 heteroatoms. The number of ether oxygens (including phenoxy) is 1. The van der Waals surface area contributed by atoms with Gasteiger partial charge >= 0.3 is 0 Å². The van der Waals surface area contributed by atoms with Crippen molar-refractivity contribution in [1.82, 2.24) is 0 Å². The van der Waals surface area contributed by atoms with Gasteiger partial charge in [-0.3, -0.25) is 4.79 Å². The molecule has 0 N–H and O–H groups in total. The van der Waals surface area contributed by atoms with Crippen LogP contribution in [-0.4, -0.2) is 36.4 Å². The van der Waals surface area contributed by atoms with Gasteiger partial charge in [0.15, 0.2) is 10.1 Å². The van der Waals surface area contributed by atoms with Crippen LogP contribution in [0.4, 0.5) is 0 Å². The zero-order chi connectivity index (χ0) is 13.7. The van der Waals surface area contributed by atoms with Crippen LogP contribution >= 0.6 is 81.2 Å². The van der Waals surface area contributed by atoms with Crippen molar-refractivity contribution in [3.63, 3.8) is 0 Å². The lowest BCUT2D eigenvalue weighted by atomic mass is 9.79. The third-order valence-electron chi connectivity index (χ3n) is 4.05. The molecule has 2 nitrogen and oxygen atoms in total. The van der Waals surface area contributed by atoms with E-state index < -0.39 is 48.2 Å². The van der Waals surface area contributed by atoms with Crippen molar-refractivity contribution >= 4 is 87.0 Å². The molecule has 3 fully saturated rings. The number of fused-ring (bicyclic) bond motifs is 5. The summed E-state index contributed by atoms with van der Waals surface area (Å²) < 4.78 is 3.51. The molecule has 1 aliphatic heterocycles. The molecule has 3 rings (SSSR count). The quantitative estimate of drug-likeness (QED) is 0.587. The van der Waals surface area contributed by atoms with Gasteiger partial charge in [0.2, 0.25) is 0 Å². The fraction of sp³-hybridized carbons (Fsp3) is 0.889. The van der Waals surface area contributed by atoms with Crippen molar-refractivity contribution in [1.29, 1.82) is 0 Å². The van der Waals surface area contributed by atoms with E-state index in [2.05, 4.69) is 0 Å². The molecule has 102 valence electrons. The molecule has 7 atom stereocenters. The van der Waals surface area contributed by atoms with E-state index in [9.17, 15) is 4.79 Å². The number of rotatable bonds is 0. The number of hydrogen-bond acceptors (Lipinski definition) is 2. The average Bonchev–Trinajstić information content (AvgIpc) is 2.68. The number of carbonyl (C=O) groups excluding carboxylic acids is 1. The molecule has 2 bridgehead atoms. The van der Waals surface area contributed by atoms with Crippen molar-refractivity contribution in [2.24, 2.45) is 11.8 Å². The Kier molecular flexibility index (Phi) is 3.16. The van der Waals surface area contributed by atoms with E-state index >= 15 is 0 Å². The summed E-state index contributed by atoms with van der Waals surface area (Å²) >= 11 is 43.5. The zero-order valence-electron chi connectivity index (χ0n) is 8.35.